The lowest BCUT2D eigenvalue weighted by molar-refractivity contribution is -0.115. The quantitative estimate of drug-likeness (QED) is 0.690. The lowest BCUT2D eigenvalue weighted by atomic mass is 10.1. The van der Waals surface area contributed by atoms with Crippen LogP contribution in [0.2, 0.25) is 0 Å². The zero-order valence-corrected chi connectivity index (χ0v) is 15.2. The molecule has 0 saturated carbocycles. The molecule has 1 fully saturated rings. The number of nitrogens with zero attached hydrogens (tertiary/aromatic N) is 1. The van der Waals surface area contributed by atoms with Gasteiger partial charge in [-0.15, -0.1) is 0 Å². The Morgan fingerprint density at radius 3 is 2.89 bits per heavy atom. The van der Waals surface area contributed by atoms with E-state index >= 15 is 0 Å². The number of fused-ring (bicyclic) bond motifs is 1. The molecule has 8 heteroatoms. The molecular weight excluding hydrogens is 380 g/mol. The van der Waals surface area contributed by atoms with Gasteiger partial charge < -0.3 is 20.3 Å². The second-order valence-corrected chi connectivity index (χ2v) is 7.06. The molecule has 1 saturated heterocycles. The van der Waals surface area contributed by atoms with Gasteiger partial charge in [-0.1, -0.05) is 18.2 Å². The van der Waals surface area contributed by atoms with Gasteiger partial charge in [0.2, 0.25) is 0 Å². The smallest absolute Gasteiger partial charge is 0.339 e. The second kappa shape index (κ2) is 7.24. The van der Waals surface area contributed by atoms with E-state index in [0.717, 1.165) is 28.6 Å². The topological polar surface area (TPSA) is 108 Å². The molecule has 0 aliphatic carbocycles. The van der Waals surface area contributed by atoms with Crippen LogP contribution in [-0.4, -0.2) is 33.9 Å². The van der Waals surface area contributed by atoms with E-state index in [1.54, 1.807) is 6.08 Å². The summed E-state index contributed by atoms with van der Waals surface area (Å²) in [6.07, 6.45) is 3.71. The summed E-state index contributed by atoms with van der Waals surface area (Å²) in [4.78, 5) is 28.1. The number of aliphatic imine (C=N–C) groups is 1. The van der Waals surface area contributed by atoms with Gasteiger partial charge >= 0.3 is 5.97 Å². The first kappa shape index (κ1) is 17.9. The van der Waals surface area contributed by atoms with Gasteiger partial charge in [0, 0.05) is 5.56 Å². The van der Waals surface area contributed by atoms with Gasteiger partial charge in [0.1, 0.15) is 23.7 Å². The molecule has 0 radical (unpaired) electrons. The van der Waals surface area contributed by atoms with Crippen LogP contribution in [0.3, 0.4) is 0 Å². The number of amidine groups is 1. The molecule has 0 aromatic heterocycles. The number of hydrogen-bond donors (Lipinski definition) is 3. The summed E-state index contributed by atoms with van der Waals surface area (Å²) in [5.74, 6) is -1.09. The molecular formula is C20H14N2O5S. The maximum absolute atomic E-state index is 12.2. The minimum atomic E-state index is -1.26. The van der Waals surface area contributed by atoms with Crippen LogP contribution in [0.5, 0.6) is 11.5 Å². The van der Waals surface area contributed by atoms with Gasteiger partial charge in [-0.25, -0.2) is 9.79 Å². The Balaban J connectivity index is 1.57. The third-order valence-electron chi connectivity index (χ3n) is 4.06. The van der Waals surface area contributed by atoms with Crippen molar-refractivity contribution in [2.45, 2.75) is 0 Å². The molecule has 140 valence electrons. The number of carboxylic acid groups (broad SMARTS) is 1. The van der Waals surface area contributed by atoms with Gasteiger partial charge in [0.05, 0.1) is 10.6 Å². The number of nitrogens with one attached hydrogen (secondary N) is 1. The number of phenols is 1. The predicted octanol–water partition coefficient (Wildman–Crippen LogP) is 3.30. The Hall–Kier alpha value is -3.52. The number of para-hydroxylation sites is 1. The molecule has 28 heavy (non-hydrogen) atoms. The fourth-order valence-corrected chi connectivity index (χ4v) is 3.61. The fourth-order valence-electron chi connectivity index (χ4n) is 2.75. The Morgan fingerprint density at radius 2 is 2.07 bits per heavy atom. The predicted molar refractivity (Wildman–Crippen MR) is 106 cm³/mol. The first-order chi connectivity index (χ1) is 13.5. The number of hydrogen-bond acceptors (Lipinski definition) is 6. The number of aromatic carboxylic acids is 1. The van der Waals surface area contributed by atoms with Crippen molar-refractivity contribution in [2.75, 3.05) is 6.61 Å². The van der Waals surface area contributed by atoms with Crippen molar-refractivity contribution < 1.29 is 24.5 Å². The molecule has 2 aliphatic rings. The molecule has 0 bridgehead atoms. The number of aromatic hydroxyl groups is 1. The summed E-state index contributed by atoms with van der Waals surface area (Å²) >= 11 is 1.15. The first-order valence-corrected chi connectivity index (χ1v) is 9.09. The Kier molecular flexibility index (Phi) is 4.62. The van der Waals surface area contributed by atoms with Crippen LogP contribution in [0.1, 0.15) is 15.9 Å². The van der Waals surface area contributed by atoms with E-state index in [-0.39, 0.29) is 17.2 Å². The molecule has 3 N–H and O–H groups in total. The van der Waals surface area contributed by atoms with Crippen LogP contribution in [-0.2, 0) is 4.79 Å². The number of carbonyl (C=O) groups is 2. The molecule has 0 atom stereocenters. The van der Waals surface area contributed by atoms with Crippen LogP contribution >= 0.6 is 11.8 Å². The highest BCUT2D eigenvalue weighted by Gasteiger charge is 2.25. The normalized spacial score (nSPS) is 18.4. The van der Waals surface area contributed by atoms with E-state index in [2.05, 4.69) is 10.3 Å². The van der Waals surface area contributed by atoms with Crippen LogP contribution < -0.4 is 10.1 Å². The molecule has 2 aromatic carbocycles. The number of amides is 1. The Bertz CT molecular complexity index is 1090. The number of benzene rings is 2. The van der Waals surface area contributed by atoms with E-state index in [1.165, 1.54) is 18.2 Å². The number of carboxylic acids is 1. The number of thioether (sulfide) groups is 1. The third-order valence-corrected chi connectivity index (χ3v) is 4.97. The Labute approximate surface area is 164 Å². The van der Waals surface area contributed by atoms with Crippen molar-refractivity contribution in [3.05, 3.63) is 70.1 Å². The molecule has 0 spiro atoms. The molecule has 2 aliphatic heterocycles. The zero-order chi connectivity index (χ0) is 19.7. The minimum Gasteiger partial charge on any atom is -0.507 e. The average molecular weight is 394 g/mol. The summed E-state index contributed by atoms with van der Waals surface area (Å²) in [6, 6.07) is 11.6. The van der Waals surface area contributed by atoms with Crippen molar-refractivity contribution in [3.63, 3.8) is 0 Å². The standard InChI is InChI=1S/C20H14N2O5S/c23-15-6-5-13(9-14(15)19(25)26)21-20-22-18(24)17(28-20)8-11-7-12-3-1-2-4-16(12)27-10-11/h1-9,23H,10H2,(H,25,26)(H,21,22,24)/b17-8-. The number of carbonyl (C=O) groups excluding carboxylic acids is 1. The maximum Gasteiger partial charge on any atom is 0.339 e. The minimum absolute atomic E-state index is 0.255. The van der Waals surface area contributed by atoms with E-state index < -0.39 is 5.97 Å². The third kappa shape index (κ3) is 3.63. The summed E-state index contributed by atoms with van der Waals surface area (Å²) < 4.78 is 5.69. The molecule has 2 aromatic rings. The second-order valence-electron chi connectivity index (χ2n) is 6.03. The highest BCUT2D eigenvalue weighted by Crippen LogP contribution is 2.31. The lowest BCUT2D eigenvalue weighted by Gasteiger charge is -2.15. The van der Waals surface area contributed by atoms with Gasteiger partial charge in [-0.2, -0.15) is 0 Å². The summed E-state index contributed by atoms with van der Waals surface area (Å²) in [6.45, 7) is 0.362. The first-order valence-electron chi connectivity index (χ1n) is 8.28. The van der Waals surface area contributed by atoms with E-state index in [4.69, 9.17) is 9.84 Å². The fraction of sp³-hybridized carbons (Fsp3) is 0.0500. The summed E-state index contributed by atoms with van der Waals surface area (Å²) in [5, 5.41) is 21.6. The van der Waals surface area contributed by atoms with Gasteiger partial charge in [0.15, 0.2) is 5.17 Å². The molecule has 7 nitrogen and oxygen atoms in total. The number of ether oxygens (including phenoxy) is 1. The van der Waals surface area contributed by atoms with Gasteiger partial charge in [0.25, 0.3) is 5.91 Å². The van der Waals surface area contributed by atoms with Crippen molar-refractivity contribution in [1.82, 2.24) is 5.32 Å². The van der Waals surface area contributed by atoms with E-state index in [0.29, 0.717) is 22.4 Å². The van der Waals surface area contributed by atoms with E-state index in [9.17, 15) is 14.7 Å². The van der Waals surface area contributed by atoms with Crippen molar-refractivity contribution in [2.24, 2.45) is 4.99 Å². The maximum atomic E-state index is 12.2. The molecule has 1 amide bonds. The Morgan fingerprint density at radius 1 is 1.25 bits per heavy atom. The highest BCUT2D eigenvalue weighted by molar-refractivity contribution is 8.18. The van der Waals surface area contributed by atoms with Crippen molar-refractivity contribution in [3.8, 4) is 11.5 Å². The van der Waals surface area contributed by atoms with Crippen LogP contribution in [0, 0.1) is 0 Å². The van der Waals surface area contributed by atoms with Crippen LogP contribution in [0.25, 0.3) is 6.08 Å². The van der Waals surface area contributed by atoms with Crippen molar-refractivity contribution in [1.29, 1.82) is 0 Å². The highest BCUT2D eigenvalue weighted by atomic mass is 32.2. The zero-order valence-electron chi connectivity index (χ0n) is 14.4. The monoisotopic (exact) mass is 394 g/mol. The van der Waals surface area contributed by atoms with Gasteiger partial charge in [-0.3, -0.25) is 4.79 Å². The van der Waals surface area contributed by atoms with Gasteiger partial charge in [-0.05, 0) is 53.8 Å². The molecule has 2 heterocycles. The average Bonchev–Trinajstić information content (AvgIpc) is 3.02. The lowest BCUT2D eigenvalue weighted by Crippen LogP contribution is -2.19. The largest absolute Gasteiger partial charge is 0.507 e. The van der Waals surface area contributed by atoms with Crippen LogP contribution in [0.15, 0.2) is 64.0 Å². The molecule has 0 unspecified atom stereocenters. The summed E-state index contributed by atoms with van der Waals surface area (Å²) in [7, 11) is 0. The number of rotatable bonds is 3. The van der Waals surface area contributed by atoms with E-state index in [1.807, 2.05) is 30.3 Å². The van der Waals surface area contributed by atoms with Crippen molar-refractivity contribution >= 4 is 40.6 Å². The molecule has 4 rings (SSSR count). The summed E-state index contributed by atoms with van der Waals surface area (Å²) in [5.41, 5.74) is 1.86. The SMILES string of the molecule is O=C1NC(=Nc2ccc(O)c(C(=O)O)c2)S/C1=C\C1=Cc2ccccc2OC1. The van der Waals surface area contributed by atoms with Crippen LogP contribution in [0.4, 0.5) is 5.69 Å².